The van der Waals surface area contributed by atoms with Gasteiger partial charge in [-0.3, -0.25) is 4.79 Å². The molecular formula is C15H23NO2. The summed E-state index contributed by atoms with van der Waals surface area (Å²) in [6.45, 7) is 6.44. The predicted molar refractivity (Wildman–Crippen MR) is 73.7 cm³/mol. The normalized spacial score (nSPS) is 14.2. The smallest absolute Gasteiger partial charge is 0.307 e. The lowest BCUT2D eigenvalue weighted by Crippen LogP contribution is -2.25. The number of aryl methyl sites for hydroxylation is 2. The lowest BCUT2D eigenvalue weighted by atomic mass is 9.85. The van der Waals surface area contributed by atoms with E-state index in [4.69, 9.17) is 10.8 Å². The van der Waals surface area contributed by atoms with E-state index in [9.17, 15) is 4.79 Å². The third-order valence-electron chi connectivity index (χ3n) is 3.41. The van der Waals surface area contributed by atoms with Gasteiger partial charge in [0.2, 0.25) is 0 Å². The molecule has 0 saturated heterocycles. The molecule has 0 aromatic heterocycles. The minimum absolute atomic E-state index is 0.205. The first-order chi connectivity index (χ1) is 8.47. The monoisotopic (exact) mass is 249 g/mol. The highest BCUT2D eigenvalue weighted by molar-refractivity contribution is 5.70. The Morgan fingerprint density at radius 2 is 1.83 bits per heavy atom. The molecule has 18 heavy (non-hydrogen) atoms. The molecule has 2 atom stereocenters. The Kier molecular flexibility index (Phi) is 5.35. The van der Waals surface area contributed by atoms with Crippen LogP contribution in [-0.2, 0) is 4.79 Å². The maximum absolute atomic E-state index is 11.1. The van der Waals surface area contributed by atoms with Crippen molar-refractivity contribution >= 4 is 5.97 Å². The molecule has 3 nitrogen and oxygen atoms in total. The van der Waals surface area contributed by atoms with Crippen LogP contribution in [0.5, 0.6) is 0 Å². The van der Waals surface area contributed by atoms with Crippen molar-refractivity contribution in [2.75, 3.05) is 6.54 Å². The molecule has 2 unspecified atom stereocenters. The molecule has 0 fully saturated rings. The molecule has 3 heteroatoms. The number of carboxylic acid groups (broad SMARTS) is 1. The van der Waals surface area contributed by atoms with Crippen LogP contribution in [0.1, 0.15) is 42.4 Å². The summed E-state index contributed by atoms with van der Waals surface area (Å²) in [7, 11) is 0. The minimum Gasteiger partial charge on any atom is -0.481 e. The van der Waals surface area contributed by atoms with Gasteiger partial charge in [-0.25, -0.2) is 0 Å². The fourth-order valence-electron chi connectivity index (χ4n) is 2.43. The van der Waals surface area contributed by atoms with Crippen LogP contribution in [0.25, 0.3) is 0 Å². The molecule has 0 aliphatic rings. The largest absolute Gasteiger partial charge is 0.481 e. The average Bonchev–Trinajstić information content (AvgIpc) is 2.28. The molecule has 1 aromatic rings. The Bertz CT molecular complexity index is 395. The Labute approximate surface area is 109 Å². The third-order valence-corrected chi connectivity index (χ3v) is 3.41. The van der Waals surface area contributed by atoms with Gasteiger partial charge in [0.05, 0.1) is 5.92 Å². The van der Waals surface area contributed by atoms with Crippen LogP contribution in [0.3, 0.4) is 0 Å². The van der Waals surface area contributed by atoms with E-state index >= 15 is 0 Å². The van der Waals surface area contributed by atoms with E-state index in [2.05, 4.69) is 39.0 Å². The second kappa shape index (κ2) is 6.55. The molecule has 1 aromatic carbocycles. The topological polar surface area (TPSA) is 63.3 Å². The molecule has 100 valence electrons. The van der Waals surface area contributed by atoms with Gasteiger partial charge in [0.15, 0.2) is 0 Å². The first kappa shape index (κ1) is 14.7. The molecule has 0 heterocycles. The Hall–Kier alpha value is -1.35. The number of aliphatic carboxylic acids is 1. The standard InChI is InChI=1S/C15H23NO2/c1-4-12(8-14(9-16)15(17)18)13-6-10(2)5-11(3)7-13/h5-7,12,14H,4,8-9,16H2,1-3H3,(H,17,18). The number of rotatable bonds is 6. The number of carboxylic acids is 1. The van der Waals surface area contributed by atoms with Gasteiger partial charge in [0, 0.05) is 6.54 Å². The summed E-state index contributed by atoms with van der Waals surface area (Å²) in [5.41, 5.74) is 9.22. The van der Waals surface area contributed by atoms with Crippen LogP contribution in [0.2, 0.25) is 0 Å². The van der Waals surface area contributed by atoms with Crippen molar-refractivity contribution in [2.45, 2.75) is 39.5 Å². The number of nitrogens with two attached hydrogens (primary N) is 1. The van der Waals surface area contributed by atoms with E-state index in [1.807, 2.05) is 0 Å². The predicted octanol–water partition coefficient (Wildman–Crippen LogP) is 2.85. The van der Waals surface area contributed by atoms with Gasteiger partial charge in [0.1, 0.15) is 0 Å². The van der Waals surface area contributed by atoms with Gasteiger partial charge in [-0.2, -0.15) is 0 Å². The maximum atomic E-state index is 11.1. The molecule has 0 aliphatic heterocycles. The highest BCUT2D eigenvalue weighted by Crippen LogP contribution is 2.28. The molecule has 0 radical (unpaired) electrons. The zero-order valence-electron chi connectivity index (χ0n) is 11.4. The summed E-state index contributed by atoms with van der Waals surface area (Å²) in [5.74, 6) is -0.968. The first-order valence-electron chi connectivity index (χ1n) is 6.49. The van der Waals surface area contributed by atoms with Gasteiger partial charge in [-0.15, -0.1) is 0 Å². The van der Waals surface area contributed by atoms with Gasteiger partial charge in [-0.05, 0) is 38.2 Å². The van der Waals surface area contributed by atoms with Gasteiger partial charge in [0.25, 0.3) is 0 Å². The number of hydrogen-bond acceptors (Lipinski definition) is 2. The average molecular weight is 249 g/mol. The van der Waals surface area contributed by atoms with Crippen molar-refractivity contribution < 1.29 is 9.90 Å². The highest BCUT2D eigenvalue weighted by atomic mass is 16.4. The van der Waals surface area contributed by atoms with Crippen molar-refractivity contribution in [1.29, 1.82) is 0 Å². The maximum Gasteiger partial charge on any atom is 0.307 e. The lowest BCUT2D eigenvalue weighted by molar-refractivity contribution is -0.141. The minimum atomic E-state index is -0.791. The van der Waals surface area contributed by atoms with Gasteiger partial charge < -0.3 is 10.8 Å². The summed E-state index contributed by atoms with van der Waals surface area (Å²) in [5, 5.41) is 9.09. The van der Waals surface area contributed by atoms with Crippen molar-refractivity contribution in [3.63, 3.8) is 0 Å². The molecule has 0 saturated carbocycles. The van der Waals surface area contributed by atoms with Crippen molar-refractivity contribution in [1.82, 2.24) is 0 Å². The highest BCUT2D eigenvalue weighted by Gasteiger charge is 2.21. The molecule has 0 aliphatic carbocycles. The second-order valence-corrected chi connectivity index (χ2v) is 5.03. The van der Waals surface area contributed by atoms with E-state index in [0.29, 0.717) is 6.42 Å². The quantitative estimate of drug-likeness (QED) is 0.814. The molecule has 1 rings (SSSR count). The van der Waals surface area contributed by atoms with Gasteiger partial charge >= 0.3 is 5.97 Å². The van der Waals surface area contributed by atoms with Crippen LogP contribution in [0.15, 0.2) is 18.2 Å². The van der Waals surface area contributed by atoms with E-state index in [1.54, 1.807) is 0 Å². The number of carbonyl (C=O) groups is 1. The van der Waals surface area contributed by atoms with Crippen molar-refractivity contribution in [3.05, 3.63) is 34.9 Å². The van der Waals surface area contributed by atoms with Crippen molar-refractivity contribution in [3.8, 4) is 0 Å². The van der Waals surface area contributed by atoms with E-state index in [0.717, 1.165) is 6.42 Å². The van der Waals surface area contributed by atoms with Crippen LogP contribution in [0.4, 0.5) is 0 Å². The van der Waals surface area contributed by atoms with Crippen LogP contribution in [-0.4, -0.2) is 17.6 Å². The Morgan fingerprint density at radius 3 is 2.22 bits per heavy atom. The van der Waals surface area contributed by atoms with Gasteiger partial charge in [-0.1, -0.05) is 36.2 Å². The SMILES string of the molecule is CCC(CC(CN)C(=O)O)c1cc(C)cc(C)c1. The molecule has 0 amide bonds. The summed E-state index contributed by atoms with van der Waals surface area (Å²) in [6, 6.07) is 6.43. The van der Waals surface area contributed by atoms with E-state index in [-0.39, 0.29) is 12.5 Å². The van der Waals surface area contributed by atoms with Crippen molar-refractivity contribution in [2.24, 2.45) is 11.7 Å². The lowest BCUT2D eigenvalue weighted by Gasteiger charge is -2.20. The Balaban J connectivity index is 2.91. The fraction of sp³-hybridized carbons (Fsp3) is 0.533. The summed E-state index contributed by atoms with van der Waals surface area (Å²) >= 11 is 0. The summed E-state index contributed by atoms with van der Waals surface area (Å²) < 4.78 is 0. The van der Waals surface area contributed by atoms with E-state index in [1.165, 1.54) is 16.7 Å². The zero-order chi connectivity index (χ0) is 13.7. The molecule has 0 spiro atoms. The summed E-state index contributed by atoms with van der Waals surface area (Å²) in [6.07, 6.45) is 1.55. The zero-order valence-corrected chi connectivity index (χ0v) is 11.4. The van der Waals surface area contributed by atoms with Crippen LogP contribution < -0.4 is 5.73 Å². The second-order valence-electron chi connectivity index (χ2n) is 5.03. The molecule has 0 bridgehead atoms. The van der Waals surface area contributed by atoms with E-state index < -0.39 is 11.9 Å². The summed E-state index contributed by atoms with van der Waals surface area (Å²) in [4.78, 5) is 11.1. The number of hydrogen-bond donors (Lipinski definition) is 2. The van der Waals surface area contributed by atoms with Crippen LogP contribution in [0, 0.1) is 19.8 Å². The molecular weight excluding hydrogens is 226 g/mol. The Morgan fingerprint density at radius 1 is 1.28 bits per heavy atom. The molecule has 3 N–H and O–H groups in total. The fourth-order valence-corrected chi connectivity index (χ4v) is 2.43. The number of benzene rings is 1. The first-order valence-corrected chi connectivity index (χ1v) is 6.49. The third kappa shape index (κ3) is 3.84. The van der Waals surface area contributed by atoms with Crippen LogP contribution >= 0.6 is 0 Å².